The number of hydroxylamine groups is 2. The Morgan fingerprint density at radius 1 is 1.29 bits per heavy atom. The van der Waals surface area contributed by atoms with E-state index in [1.165, 1.54) is 4.90 Å². The van der Waals surface area contributed by atoms with Crippen LogP contribution in [0.1, 0.15) is 34.1 Å². The molecule has 21 heavy (non-hydrogen) atoms. The molecule has 0 aromatic rings. The van der Waals surface area contributed by atoms with Gasteiger partial charge in [0, 0.05) is 14.1 Å². The lowest BCUT2D eigenvalue weighted by Crippen LogP contribution is -2.55. The molecule has 0 heterocycles. The Hall–Kier alpha value is -1.63. The lowest BCUT2D eigenvalue weighted by atomic mass is 9.85. The molecule has 0 spiro atoms. The molecule has 0 aromatic carbocycles. The van der Waals surface area contributed by atoms with E-state index in [1.807, 2.05) is 20.8 Å². The van der Waals surface area contributed by atoms with Gasteiger partial charge in [0.1, 0.15) is 6.04 Å². The lowest BCUT2D eigenvalue weighted by molar-refractivity contribution is -0.155. The predicted molar refractivity (Wildman–Crippen MR) is 78.4 cm³/mol. The fourth-order valence-electron chi connectivity index (χ4n) is 1.83. The van der Waals surface area contributed by atoms with E-state index in [0.29, 0.717) is 11.5 Å². The van der Waals surface area contributed by atoms with Crippen LogP contribution in [0, 0.1) is 11.3 Å². The second-order valence-electron chi connectivity index (χ2n) is 6.37. The molecule has 0 rings (SSSR count). The van der Waals surface area contributed by atoms with Crippen LogP contribution < -0.4 is 5.32 Å². The van der Waals surface area contributed by atoms with Crippen molar-refractivity contribution in [3.05, 3.63) is 0 Å². The van der Waals surface area contributed by atoms with Gasteiger partial charge in [0.05, 0.1) is 12.5 Å². The van der Waals surface area contributed by atoms with Crippen LogP contribution in [0.25, 0.3) is 0 Å². The molecular formula is C14H27N3O4. The van der Waals surface area contributed by atoms with Gasteiger partial charge in [-0.25, -0.2) is 5.06 Å². The van der Waals surface area contributed by atoms with Crippen LogP contribution in [0.3, 0.4) is 0 Å². The number of nitrogens with zero attached hydrogens (tertiary/aromatic N) is 2. The molecule has 0 saturated heterocycles. The SMILES string of the molecule is CC[C@@H](CN(O)C=O)C(=O)N[C@H](C(=O)N(C)C)C(C)(C)C. The van der Waals surface area contributed by atoms with Crippen molar-refractivity contribution in [1.82, 2.24) is 15.3 Å². The molecule has 0 unspecified atom stereocenters. The summed E-state index contributed by atoms with van der Waals surface area (Å²) >= 11 is 0. The van der Waals surface area contributed by atoms with Gasteiger partial charge in [-0.15, -0.1) is 0 Å². The second kappa shape index (κ2) is 7.97. The molecule has 3 amide bonds. The Balaban J connectivity index is 5.03. The monoisotopic (exact) mass is 301 g/mol. The fourth-order valence-corrected chi connectivity index (χ4v) is 1.83. The number of carbonyl (C=O) groups excluding carboxylic acids is 3. The maximum absolute atomic E-state index is 12.3. The number of likely N-dealkylation sites (N-methyl/N-ethyl adjacent to an activating group) is 1. The normalized spacial score (nSPS) is 14.0. The minimum absolute atomic E-state index is 0.0984. The van der Waals surface area contributed by atoms with Gasteiger partial charge in [-0.2, -0.15) is 0 Å². The topological polar surface area (TPSA) is 90.0 Å². The number of carbonyl (C=O) groups is 3. The Morgan fingerprint density at radius 2 is 1.81 bits per heavy atom. The first-order valence-corrected chi connectivity index (χ1v) is 6.96. The van der Waals surface area contributed by atoms with E-state index in [1.54, 1.807) is 21.0 Å². The molecule has 7 heteroatoms. The summed E-state index contributed by atoms with van der Waals surface area (Å²) in [6.07, 6.45) is 0.700. The third-order valence-corrected chi connectivity index (χ3v) is 3.23. The molecule has 0 fully saturated rings. The van der Waals surface area contributed by atoms with E-state index < -0.39 is 17.4 Å². The summed E-state index contributed by atoms with van der Waals surface area (Å²) in [6, 6.07) is -0.669. The van der Waals surface area contributed by atoms with Gasteiger partial charge in [0.25, 0.3) is 0 Å². The van der Waals surface area contributed by atoms with Crippen LogP contribution in [0.5, 0.6) is 0 Å². The molecule has 0 aromatic heterocycles. The van der Waals surface area contributed by atoms with Crippen LogP contribution >= 0.6 is 0 Å². The van der Waals surface area contributed by atoms with Gasteiger partial charge in [-0.3, -0.25) is 19.6 Å². The Morgan fingerprint density at radius 3 is 2.14 bits per heavy atom. The molecular weight excluding hydrogens is 274 g/mol. The van der Waals surface area contributed by atoms with Gasteiger partial charge < -0.3 is 10.2 Å². The van der Waals surface area contributed by atoms with Gasteiger partial charge in [-0.05, 0) is 11.8 Å². The Labute approximate surface area is 126 Å². The van der Waals surface area contributed by atoms with Crippen molar-refractivity contribution >= 4 is 18.2 Å². The summed E-state index contributed by atoms with van der Waals surface area (Å²) in [5.41, 5.74) is -0.446. The van der Waals surface area contributed by atoms with Crippen molar-refractivity contribution in [2.75, 3.05) is 20.6 Å². The van der Waals surface area contributed by atoms with Gasteiger partial charge in [0.2, 0.25) is 18.2 Å². The molecule has 0 bridgehead atoms. The third kappa shape index (κ3) is 6.12. The predicted octanol–water partition coefficient (Wildman–Crippen LogP) is 0.479. The van der Waals surface area contributed by atoms with Crippen molar-refractivity contribution in [3.63, 3.8) is 0 Å². The Kier molecular flexibility index (Phi) is 7.35. The van der Waals surface area contributed by atoms with Crippen LogP contribution in [-0.2, 0) is 14.4 Å². The first kappa shape index (κ1) is 19.4. The van der Waals surface area contributed by atoms with E-state index in [4.69, 9.17) is 0 Å². The minimum atomic E-state index is -0.669. The standard InChI is InChI=1S/C14H27N3O4/c1-7-10(8-17(21)9-18)12(19)15-11(14(2,3)4)13(20)16(5)6/h9-11,21H,7-8H2,1-6H3,(H,15,19)/t10-,11+/m0/s1. The van der Waals surface area contributed by atoms with Crippen LogP contribution in [0.15, 0.2) is 0 Å². The first-order valence-electron chi connectivity index (χ1n) is 6.96. The van der Waals surface area contributed by atoms with E-state index in [-0.39, 0.29) is 24.8 Å². The van der Waals surface area contributed by atoms with Crippen molar-refractivity contribution in [1.29, 1.82) is 0 Å². The average molecular weight is 301 g/mol. The smallest absolute Gasteiger partial charge is 0.245 e. The van der Waals surface area contributed by atoms with Gasteiger partial charge in [0.15, 0.2) is 0 Å². The average Bonchev–Trinajstić information content (AvgIpc) is 2.39. The Bertz CT molecular complexity index is 377. The van der Waals surface area contributed by atoms with E-state index >= 15 is 0 Å². The molecule has 2 atom stereocenters. The van der Waals surface area contributed by atoms with E-state index in [0.717, 1.165) is 0 Å². The second-order valence-corrected chi connectivity index (χ2v) is 6.37. The highest BCUT2D eigenvalue weighted by Gasteiger charge is 2.35. The summed E-state index contributed by atoms with van der Waals surface area (Å²) in [5, 5.41) is 12.4. The van der Waals surface area contributed by atoms with Crippen LogP contribution in [0.2, 0.25) is 0 Å². The summed E-state index contributed by atoms with van der Waals surface area (Å²) in [7, 11) is 3.26. The lowest BCUT2D eigenvalue weighted by Gasteiger charge is -2.33. The highest BCUT2D eigenvalue weighted by atomic mass is 16.5. The van der Waals surface area contributed by atoms with Crippen LogP contribution in [0.4, 0.5) is 0 Å². The van der Waals surface area contributed by atoms with Crippen molar-refractivity contribution < 1.29 is 19.6 Å². The fraction of sp³-hybridized carbons (Fsp3) is 0.786. The third-order valence-electron chi connectivity index (χ3n) is 3.23. The maximum atomic E-state index is 12.3. The van der Waals surface area contributed by atoms with Gasteiger partial charge in [-0.1, -0.05) is 27.7 Å². The molecule has 0 saturated carbocycles. The number of rotatable bonds is 7. The molecule has 122 valence electrons. The molecule has 0 aliphatic rings. The number of hydrogen-bond acceptors (Lipinski definition) is 4. The highest BCUT2D eigenvalue weighted by Crippen LogP contribution is 2.21. The summed E-state index contributed by atoms with van der Waals surface area (Å²) in [4.78, 5) is 36.4. The zero-order valence-corrected chi connectivity index (χ0v) is 13.7. The molecule has 2 N–H and O–H groups in total. The van der Waals surface area contributed by atoms with Crippen molar-refractivity contribution in [2.24, 2.45) is 11.3 Å². The largest absolute Gasteiger partial charge is 0.347 e. The summed E-state index contributed by atoms with van der Waals surface area (Å²) in [6.45, 7) is 7.28. The van der Waals surface area contributed by atoms with Gasteiger partial charge >= 0.3 is 0 Å². The number of amides is 3. The van der Waals surface area contributed by atoms with Crippen LogP contribution in [-0.4, -0.2) is 60.1 Å². The molecule has 0 aliphatic carbocycles. The zero-order valence-electron chi connectivity index (χ0n) is 13.7. The number of hydrogen-bond donors (Lipinski definition) is 2. The zero-order chi connectivity index (χ0) is 16.8. The molecule has 0 aliphatic heterocycles. The maximum Gasteiger partial charge on any atom is 0.245 e. The van der Waals surface area contributed by atoms with E-state index in [2.05, 4.69) is 5.32 Å². The first-order chi connectivity index (χ1) is 9.54. The molecule has 7 nitrogen and oxygen atoms in total. The van der Waals surface area contributed by atoms with Crippen molar-refractivity contribution in [2.45, 2.75) is 40.2 Å². The molecule has 0 radical (unpaired) electrons. The summed E-state index contributed by atoms with van der Waals surface area (Å²) in [5.74, 6) is -1.12. The quantitative estimate of drug-likeness (QED) is 0.406. The van der Waals surface area contributed by atoms with Crippen molar-refractivity contribution in [3.8, 4) is 0 Å². The summed E-state index contributed by atoms with van der Waals surface area (Å²) < 4.78 is 0. The highest BCUT2D eigenvalue weighted by molar-refractivity contribution is 5.89. The number of nitrogens with one attached hydrogen (secondary N) is 1. The van der Waals surface area contributed by atoms with E-state index in [9.17, 15) is 19.6 Å². The minimum Gasteiger partial charge on any atom is -0.347 e.